The number of nitrogens with zero attached hydrogens (tertiary/aromatic N) is 2. The summed E-state index contributed by atoms with van der Waals surface area (Å²) in [7, 11) is 3.11. The summed E-state index contributed by atoms with van der Waals surface area (Å²) in [6.07, 6.45) is 0. The van der Waals surface area contributed by atoms with E-state index < -0.39 is 0 Å². The fourth-order valence-electron chi connectivity index (χ4n) is 0.671. The van der Waals surface area contributed by atoms with Gasteiger partial charge in [-0.15, -0.1) is 0 Å². The number of hydrogen-bond acceptors (Lipinski definition) is 7. The van der Waals surface area contributed by atoms with Crippen LogP contribution in [0.15, 0.2) is 4.99 Å². The van der Waals surface area contributed by atoms with Gasteiger partial charge in [-0.3, -0.25) is 4.99 Å². The van der Waals surface area contributed by atoms with Crippen molar-refractivity contribution >= 4 is 25.8 Å². The minimum atomic E-state index is 0.565. The van der Waals surface area contributed by atoms with Crippen LogP contribution in [-0.2, 0) is 0 Å². The first-order chi connectivity index (χ1) is 6.36. The fraction of sp³-hybridized carbons (Fsp3) is 0.667. The molecule has 1 aromatic rings. The molecule has 0 spiro atoms. The highest BCUT2D eigenvalue weighted by Crippen LogP contribution is 2.11. The molecule has 13 heavy (non-hydrogen) atoms. The second-order valence-electron chi connectivity index (χ2n) is 2.25. The Morgan fingerprint density at radius 3 is 2.85 bits per heavy atom. The topological polar surface area (TPSA) is 89.3 Å². The summed E-state index contributed by atoms with van der Waals surface area (Å²) in [5.41, 5.74) is 10.7. The third kappa shape index (κ3) is 3.81. The van der Waals surface area contributed by atoms with Crippen molar-refractivity contribution in [1.29, 1.82) is 0 Å². The van der Waals surface area contributed by atoms with Crippen LogP contribution in [0.2, 0.25) is 0 Å². The van der Waals surface area contributed by atoms with E-state index in [-0.39, 0.29) is 0 Å². The van der Waals surface area contributed by atoms with Gasteiger partial charge in [-0.05, 0) is 20.7 Å². The Hall–Kier alpha value is -0.500. The van der Waals surface area contributed by atoms with E-state index in [1.54, 1.807) is 20.7 Å². The molecule has 0 aromatic carbocycles. The summed E-state index contributed by atoms with van der Waals surface area (Å²) in [4.78, 5) is 9.20. The van der Waals surface area contributed by atoms with E-state index in [0.717, 1.165) is 16.5 Å². The average molecular weight is 219 g/mol. The Kier molecular flexibility index (Phi) is 4.91. The molecule has 0 unspecified atom stereocenters. The lowest BCUT2D eigenvalue weighted by Crippen LogP contribution is -2.14. The van der Waals surface area contributed by atoms with Crippen molar-refractivity contribution in [3.05, 3.63) is 4.80 Å². The molecular weight excluding hydrogens is 206 g/mol. The van der Waals surface area contributed by atoms with Crippen LogP contribution in [0.4, 0.5) is 5.13 Å². The van der Waals surface area contributed by atoms with Crippen molar-refractivity contribution in [3.63, 3.8) is 0 Å². The summed E-state index contributed by atoms with van der Waals surface area (Å²) in [6.45, 7) is 2.56. The quantitative estimate of drug-likeness (QED) is 0.579. The Bertz CT molecular complexity index is 291. The molecule has 0 amide bonds. The van der Waals surface area contributed by atoms with Crippen LogP contribution in [-0.4, -0.2) is 31.2 Å². The second kappa shape index (κ2) is 6.03. The molecule has 1 heterocycles. The summed E-state index contributed by atoms with van der Waals surface area (Å²) in [5, 5.41) is 3.97. The number of nitrogens with one attached hydrogen (secondary N) is 1. The highest BCUT2D eigenvalue weighted by molar-refractivity contribution is 7.69. The highest BCUT2D eigenvalue weighted by atomic mass is 32.9. The Balaban J connectivity index is 2.53. The van der Waals surface area contributed by atoms with Crippen LogP contribution in [0.5, 0.6) is 0 Å². The molecule has 5 N–H and O–H groups in total. The van der Waals surface area contributed by atoms with Gasteiger partial charge in [-0.25, -0.2) is 0 Å². The molecular formula is C6H13N5S2. The second-order valence-corrected chi connectivity index (χ2v) is 4.34. The van der Waals surface area contributed by atoms with E-state index in [4.69, 9.17) is 11.5 Å². The van der Waals surface area contributed by atoms with Crippen molar-refractivity contribution in [2.75, 3.05) is 31.5 Å². The van der Waals surface area contributed by atoms with Crippen LogP contribution in [0.1, 0.15) is 0 Å². The SMILES string of the molecule is NCCN=c1nc(NCCN)ss1. The summed E-state index contributed by atoms with van der Waals surface area (Å²) >= 11 is 0. The molecule has 0 saturated carbocycles. The van der Waals surface area contributed by atoms with E-state index in [9.17, 15) is 0 Å². The van der Waals surface area contributed by atoms with Crippen molar-refractivity contribution in [2.24, 2.45) is 16.5 Å². The van der Waals surface area contributed by atoms with Gasteiger partial charge in [0.15, 0.2) is 5.13 Å². The van der Waals surface area contributed by atoms with Crippen LogP contribution >= 0.6 is 20.7 Å². The summed E-state index contributed by atoms with van der Waals surface area (Å²) < 4.78 is 0. The minimum absolute atomic E-state index is 0.565. The Morgan fingerprint density at radius 1 is 1.31 bits per heavy atom. The minimum Gasteiger partial charge on any atom is -0.360 e. The zero-order valence-corrected chi connectivity index (χ0v) is 8.83. The van der Waals surface area contributed by atoms with Crippen molar-refractivity contribution in [2.45, 2.75) is 0 Å². The van der Waals surface area contributed by atoms with E-state index in [1.165, 1.54) is 0 Å². The lowest BCUT2D eigenvalue weighted by Gasteiger charge is -1.95. The van der Waals surface area contributed by atoms with Gasteiger partial charge in [0, 0.05) is 19.6 Å². The third-order valence-electron chi connectivity index (χ3n) is 1.19. The monoisotopic (exact) mass is 219 g/mol. The summed E-state index contributed by atoms with van der Waals surface area (Å²) in [5.74, 6) is 0. The maximum atomic E-state index is 5.34. The average Bonchev–Trinajstić information content (AvgIpc) is 2.59. The van der Waals surface area contributed by atoms with E-state index in [0.29, 0.717) is 19.6 Å². The molecule has 0 bridgehead atoms. The molecule has 0 fully saturated rings. The number of nitrogens with two attached hydrogens (primary N) is 2. The molecule has 0 radical (unpaired) electrons. The van der Waals surface area contributed by atoms with Gasteiger partial charge in [0.25, 0.3) is 0 Å². The first-order valence-electron chi connectivity index (χ1n) is 3.98. The van der Waals surface area contributed by atoms with Crippen molar-refractivity contribution in [1.82, 2.24) is 4.98 Å². The van der Waals surface area contributed by atoms with Gasteiger partial charge in [0.2, 0.25) is 4.80 Å². The van der Waals surface area contributed by atoms with Gasteiger partial charge in [-0.1, -0.05) is 0 Å². The first kappa shape index (κ1) is 10.6. The van der Waals surface area contributed by atoms with Gasteiger partial charge >= 0.3 is 0 Å². The molecule has 1 rings (SSSR count). The molecule has 7 heteroatoms. The van der Waals surface area contributed by atoms with Crippen LogP contribution in [0, 0.1) is 0 Å². The molecule has 0 aliphatic carbocycles. The maximum Gasteiger partial charge on any atom is 0.217 e. The highest BCUT2D eigenvalue weighted by Gasteiger charge is 1.95. The zero-order valence-electron chi connectivity index (χ0n) is 7.19. The molecule has 1 aromatic heterocycles. The molecule has 5 nitrogen and oxygen atoms in total. The number of aromatic nitrogens is 1. The number of rotatable bonds is 5. The van der Waals surface area contributed by atoms with Gasteiger partial charge in [0.1, 0.15) is 0 Å². The van der Waals surface area contributed by atoms with E-state index in [1.807, 2.05) is 0 Å². The summed E-state index contributed by atoms with van der Waals surface area (Å²) in [6, 6.07) is 0. The normalized spacial score (nSPS) is 12.0. The third-order valence-corrected chi connectivity index (χ3v) is 3.21. The predicted molar refractivity (Wildman–Crippen MR) is 57.0 cm³/mol. The standard InChI is InChI=1S/C6H13N5S2/c7-1-3-9-5-11-6(13-12-5)10-4-2-8/h1-4,7-8H2,(H,9,10,11). The van der Waals surface area contributed by atoms with Crippen molar-refractivity contribution in [3.8, 4) is 0 Å². The molecule has 0 aliphatic rings. The number of hydrogen-bond donors (Lipinski definition) is 3. The Morgan fingerprint density at radius 2 is 2.15 bits per heavy atom. The van der Waals surface area contributed by atoms with Crippen LogP contribution in [0.25, 0.3) is 0 Å². The predicted octanol–water partition coefficient (Wildman–Crippen LogP) is -0.565. The van der Waals surface area contributed by atoms with Gasteiger partial charge < -0.3 is 16.8 Å². The van der Waals surface area contributed by atoms with Gasteiger partial charge in [-0.2, -0.15) is 4.98 Å². The first-order valence-corrected chi connectivity index (χ1v) is 6.13. The van der Waals surface area contributed by atoms with Crippen molar-refractivity contribution < 1.29 is 0 Å². The van der Waals surface area contributed by atoms with E-state index >= 15 is 0 Å². The van der Waals surface area contributed by atoms with Crippen LogP contribution in [0.3, 0.4) is 0 Å². The molecule has 0 atom stereocenters. The zero-order chi connectivity index (χ0) is 9.52. The molecule has 0 aliphatic heterocycles. The van der Waals surface area contributed by atoms with Gasteiger partial charge in [0.05, 0.1) is 6.54 Å². The smallest absolute Gasteiger partial charge is 0.217 e. The fourth-order valence-corrected chi connectivity index (χ4v) is 2.46. The molecule has 74 valence electrons. The Labute approximate surface area is 83.9 Å². The number of anilines is 1. The largest absolute Gasteiger partial charge is 0.360 e. The maximum absolute atomic E-state index is 5.34. The van der Waals surface area contributed by atoms with Crippen LogP contribution < -0.4 is 21.6 Å². The molecule has 0 saturated heterocycles. The lowest BCUT2D eigenvalue weighted by molar-refractivity contribution is 0.934. The lowest BCUT2D eigenvalue weighted by atomic mass is 10.7. The van der Waals surface area contributed by atoms with E-state index in [2.05, 4.69) is 15.3 Å².